The monoisotopic (exact) mass is 455 g/mol. The van der Waals surface area contributed by atoms with Gasteiger partial charge in [-0.05, 0) is 36.8 Å². The molecule has 3 aromatic heterocycles. The van der Waals surface area contributed by atoms with Gasteiger partial charge >= 0.3 is 11.9 Å². The van der Waals surface area contributed by atoms with E-state index < -0.39 is 17.3 Å². The first-order chi connectivity index (χ1) is 15.4. The first-order valence-corrected chi connectivity index (χ1v) is 10.6. The van der Waals surface area contributed by atoms with Crippen molar-refractivity contribution in [3.05, 3.63) is 76.3 Å². The van der Waals surface area contributed by atoms with E-state index in [1.54, 1.807) is 34.9 Å². The Kier molecular flexibility index (Phi) is 6.01. The molecule has 10 heteroatoms. The number of aromatic amines is 1. The molecule has 0 aliphatic rings. The molecule has 0 spiro atoms. The van der Waals surface area contributed by atoms with E-state index in [1.807, 2.05) is 18.2 Å². The van der Waals surface area contributed by atoms with Crippen LogP contribution in [0.3, 0.4) is 0 Å². The molecule has 162 valence electrons. The van der Waals surface area contributed by atoms with Gasteiger partial charge in [-0.2, -0.15) is 18.4 Å². The molecule has 0 bridgehead atoms. The summed E-state index contributed by atoms with van der Waals surface area (Å²) in [6.07, 6.45) is -2.74. The lowest BCUT2D eigenvalue weighted by atomic mass is 10.1. The largest absolute Gasteiger partial charge is 0.417 e. The SMILES string of the molecule is N#Cc1c(C(F)(F)F)cc(-c2ccccn2)nc1SCCCn1c(=O)[nH]c2ccccc21. The van der Waals surface area contributed by atoms with Gasteiger partial charge in [-0.3, -0.25) is 9.55 Å². The number of H-pyrrole nitrogens is 1. The minimum absolute atomic E-state index is 0.00532. The third-order valence-corrected chi connectivity index (χ3v) is 5.84. The second-order valence-electron chi connectivity index (χ2n) is 6.86. The molecule has 3 heterocycles. The number of thioether (sulfide) groups is 1. The smallest absolute Gasteiger partial charge is 0.306 e. The zero-order valence-corrected chi connectivity index (χ0v) is 17.4. The fourth-order valence-corrected chi connectivity index (χ4v) is 4.25. The molecule has 0 saturated carbocycles. The van der Waals surface area contributed by atoms with E-state index in [0.29, 0.717) is 18.7 Å². The third kappa shape index (κ3) is 4.38. The van der Waals surface area contributed by atoms with Crippen molar-refractivity contribution in [2.75, 3.05) is 5.75 Å². The second-order valence-corrected chi connectivity index (χ2v) is 7.94. The number of pyridine rings is 2. The van der Waals surface area contributed by atoms with Crippen LogP contribution in [0.2, 0.25) is 0 Å². The highest BCUT2D eigenvalue weighted by Crippen LogP contribution is 2.37. The maximum atomic E-state index is 13.6. The molecular weight excluding hydrogens is 439 g/mol. The first-order valence-electron chi connectivity index (χ1n) is 9.62. The van der Waals surface area contributed by atoms with E-state index in [0.717, 1.165) is 28.9 Å². The van der Waals surface area contributed by atoms with Crippen molar-refractivity contribution < 1.29 is 13.2 Å². The van der Waals surface area contributed by atoms with Crippen LogP contribution in [0.5, 0.6) is 0 Å². The number of alkyl halides is 3. The molecule has 0 unspecified atom stereocenters. The van der Waals surface area contributed by atoms with Crippen LogP contribution in [0.15, 0.2) is 64.5 Å². The number of rotatable bonds is 6. The van der Waals surface area contributed by atoms with E-state index in [9.17, 15) is 23.2 Å². The fraction of sp³-hybridized carbons (Fsp3) is 0.182. The maximum absolute atomic E-state index is 13.6. The third-order valence-electron chi connectivity index (χ3n) is 4.78. The fourth-order valence-electron chi connectivity index (χ4n) is 3.32. The molecule has 0 saturated heterocycles. The topological polar surface area (TPSA) is 87.4 Å². The van der Waals surface area contributed by atoms with Crippen molar-refractivity contribution in [1.29, 1.82) is 5.26 Å². The Hall–Kier alpha value is -3.58. The van der Waals surface area contributed by atoms with E-state index >= 15 is 0 Å². The van der Waals surface area contributed by atoms with Crippen LogP contribution in [-0.2, 0) is 12.7 Å². The summed E-state index contributed by atoms with van der Waals surface area (Å²) in [6.45, 7) is 0.379. The number of para-hydroxylation sites is 2. The molecule has 0 atom stereocenters. The molecule has 0 aliphatic carbocycles. The minimum Gasteiger partial charge on any atom is -0.306 e. The van der Waals surface area contributed by atoms with Crippen molar-refractivity contribution in [1.82, 2.24) is 19.5 Å². The molecule has 6 nitrogen and oxygen atoms in total. The van der Waals surface area contributed by atoms with Gasteiger partial charge in [0.25, 0.3) is 0 Å². The summed E-state index contributed by atoms with van der Waals surface area (Å²) in [5, 5.41) is 9.41. The highest BCUT2D eigenvalue weighted by molar-refractivity contribution is 7.99. The van der Waals surface area contributed by atoms with Gasteiger partial charge in [0.2, 0.25) is 0 Å². The number of nitrogens with one attached hydrogen (secondary N) is 1. The molecule has 1 aromatic carbocycles. The van der Waals surface area contributed by atoms with Crippen LogP contribution in [0.25, 0.3) is 22.4 Å². The van der Waals surface area contributed by atoms with E-state index in [4.69, 9.17) is 0 Å². The van der Waals surface area contributed by atoms with Crippen LogP contribution < -0.4 is 5.69 Å². The summed E-state index contributed by atoms with van der Waals surface area (Å²) >= 11 is 1.06. The molecule has 0 radical (unpaired) electrons. The number of aromatic nitrogens is 4. The van der Waals surface area contributed by atoms with Crippen LogP contribution in [0.1, 0.15) is 17.5 Å². The summed E-state index contributed by atoms with van der Waals surface area (Å²) in [5.41, 5.74) is 0.0225. The molecule has 0 amide bonds. The lowest BCUT2D eigenvalue weighted by molar-refractivity contribution is -0.138. The number of halogens is 3. The van der Waals surface area contributed by atoms with E-state index in [2.05, 4.69) is 15.0 Å². The zero-order chi connectivity index (χ0) is 22.7. The van der Waals surface area contributed by atoms with Crippen molar-refractivity contribution in [3.63, 3.8) is 0 Å². The average molecular weight is 455 g/mol. The Bertz CT molecular complexity index is 1360. The van der Waals surface area contributed by atoms with E-state index in [1.165, 1.54) is 6.20 Å². The molecule has 0 aliphatic heterocycles. The summed E-state index contributed by atoms with van der Waals surface area (Å²) in [6, 6.07) is 14.6. The predicted molar refractivity (Wildman–Crippen MR) is 115 cm³/mol. The highest BCUT2D eigenvalue weighted by Gasteiger charge is 2.36. The quantitative estimate of drug-likeness (QED) is 0.331. The lowest BCUT2D eigenvalue weighted by Crippen LogP contribution is -2.17. The summed E-state index contributed by atoms with van der Waals surface area (Å²) in [5.74, 6) is 0.372. The van der Waals surface area contributed by atoms with Gasteiger partial charge in [-0.15, -0.1) is 11.8 Å². The van der Waals surface area contributed by atoms with Gasteiger partial charge in [-0.25, -0.2) is 9.78 Å². The maximum Gasteiger partial charge on any atom is 0.417 e. The zero-order valence-electron chi connectivity index (χ0n) is 16.6. The average Bonchev–Trinajstić information content (AvgIpc) is 3.11. The molecule has 1 N–H and O–H groups in total. The van der Waals surface area contributed by atoms with Crippen LogP contribution in [-0.4, -0.2) is 25.3 Å². The number of fused-ring (bicyclic) bond motifs is 1. The van der Waals surface area contributed by atoms with Gasteiger partial charge in [0.05, 0.1) is 33.5 Å². The summed E-state index contributed by atoms with van der Waals surface area (Å²) in [7, 11) is 0. The molecule has 4 rings (SSSR count). The number of hydrogen-bond acceptors (Lipinski definition) is 5. The highest BCUT2D eigenvalue weighted by atomic mass is 32.2. The standard InChI is InChI=1S/C22H16F3N5OS/c23-22(24,25)15-12-18(16-6-3-4-9-27-16)28-20(14(15)13-26)32-11-5-10-30-19-8-2-1-7-17(19)29-21(30)31/h1-4,6-9,12H,5,10-11H2,(H,29,31). The Balaban J connectivity index is 1.59. The van der Waals surface area contributed by atoms with Crippen molar-refractivity contribution in [2.24, 2.45) is 0 Å². The van der Waals surface area contributed by atoms with Crippen LogP contribution >= 0.6 is 11.8 Å². The Morgan fingerprint density at radius 3 is 2.62 bits per heavy atom. The van der Waals surface area contributed by atoms with Gasteiger partial charge in [0.1, 0.15) is 11.1 Å². The number of benzene rings is 1. The molecule has 32 heavy (non-hydrogen) atoms. The first kappa shape index (κ1) is 21.6. The number of nitrogens with zero attached hydrogens (tertiary/aromatic N) is 4. The normalized spacial score (nSPS) is 11.6. The van der Waals surface area contributed by atoms with Crippen molar-refractivity contribution >= 4 is 22.8 Å². The predicted octanol–water partition coefficient (Wildman–Crippen LogP) is 4.86. The Morgan fingerprint density at radius 1 is 1.12 bits per heavy atom. The summed E-state index contributed by atoms with van der Waals surface area (Å²) in [4.78, 5) is 23.3. The number of imidazole rings is 1. The van der Waals surface area contributed by atoms with E-state index in [-0.39, 0.29) is 22.1 Å². The molecule has 0 fully saturated rings. The van der Waals surface area contributed by atoms with Crippen molar-refractivity contribution in [3.8, 4) is 17.5 Å². The minimum atomic E-state index is -4.70. The second kappa shape index (κ2) is 8.88. The Morgan fingerprint density at radius 2 is 1.91 bits per heavy atom. The van der Waals surface area contributed by atoms with Gasteiger partial charge < -0.3 is 4.98 Å². The van der Waals surface area contributed by atoms with Crippen LogP contribution in [0, 0.1) is 11.3 Å². The van der Waals surface area contributed by atoms with Crippen LogP contribution in [0.4, 0.5) is 13.2 Å². The number of hydrogen-bond donors (Lipinski definition) is 1. The van der Waals surface area contributed by atoms with Crippen molar-refractivity contribution in [2.45, 2.75) is 24.2 Å². The summed E-state index contributed by atoms with van der Waals surface area (Å²) < 4.78 is 42.5. The van der Waals surface area contributed by atoms with Gasteiger partial charge in [-0.1, -0.05) is 18.2 Å². The van der Waals surface area contributed by atoms with Gasteiger partial charge in [0.15, 0.2) is 0 Å². The number of nitriles is 1. The lowest BCUT2D eigenvalue weighted by Gasteiger charge is -2.14. The van der Waals surface area contributed by atoms with Gasteiger partial charge in [0, 0.05) is 18.5 Å². The molecular formula is C22H16F3N5OS. The Labute approximate surface area is 184 Å². The molecule has 4 aromatic rings. The number of aryl methyl sites for hydroxylation is 1.